The van der Waals surface area contributed by atoms with Crippen molar-refractivity contribution in [3.63, 3.8) is 0 Å². The summed E-state index contributed by atoms with van der Waals surface area (Å²) in [4.78, 5) is 24.8. The first-order valence-corrected chi connectivity index (χ1v) is 8.23. The summed E-state index contributed by atoms with van der Waals surface area (Å²) in [6.07, 6.45) is 9.09. The highest BCUT2D eigenvalue weighted by Gasteiger charge is 2.42. The van der Waals surface area contributed by atoms with Crippen LogP contribution in [0.4, 0.5) is 0 Å². The van der Waals surface area contributed by atoms with E-state index in [-0.39, 0.29) is 23.8 Å². The maximum absolute atomic E-state index is 12.6. The molecular formula is C16H28N2O3. The molecule has 0 aromatic heterocycles. The Kier molecular flexibility index (Phi) is 5.62. The standard InChI is InChI=1S/C16H28N2O3/c1-21-15(20)16(9-4-2-3-5-10-16)18-14(19)12-7-6-8-13(17)11-12/h12-13H,2-11,17H2,1H3,(H,18,19). The van der Waals surface area contributed by atoms with Crippen LogP contribution in [0.5, 0.6) is 0 Å². The third-order valence-electron chi connectivity index (χ3n) is 4.98. The van der Waals surface area contributed by atoms with Crippen LogP contribution in [0, 0.1) is 5.92 Å². The maximum atomic E-state index is 12.6. The Morgan fingerprint density at radius 3 is 2.33 bits per heavy atom. The Labute approximate surface area is 127 Å². The normalized spacial score (nSPS) is 29.2. The van der Waals surface area contributed by atoms with E-state index < -0.39 is 5.54 Å². The molecule has 0 aromatic rings. The van der Waals surface area contributed by atoms with Crippen LogP contribution in [0.15, 0.2) is 0 Å². The second kappa shape index (κ2) is 7.25. The lowest BCUT2D eigenvalue weighted by molar-refractivity contribution is -0.152. The molecule has 2 rings (SSSR count). The first kappa shape index (κ1) is 16.3. The number of methoxy groups -OCH3 is 1. The van der Waals surface area contributed by atoms with Crippen LogP contribution in [-0.4, -0.2) is 30.6 Å². The van der Waals surface area contributed by atoms with Crippen molar-refractivity contribution in [2.24, 2.45) is 11.7 Å². The molecule has 5 heteroatoms. The van der Waals surface area contributed by atoms with Crippen molar-refractivity contribution >= 4 is 11.9 Å². The molecule has 0 spiro atoms. The van der Waals surface area contributed by atoms with Gasteiger partial charge in [0.25, 0.3) is 0 Å². The van der Waals surface area contributed by atoms with E-state index in [0.717, 1.165) is 51.4 Å². The lowest BCUT2D eigenvalue weighted by Crippen LogP contribution is -2.56. The molecule has 0 aliphatic heterocycles. The number of esters is 1. The van der Waals surface area contributed by atoms with Crippen LogP contribution in [-0.2, 0) is 14.3 Å². The number of carbonyl (C=O) groups is 2. The molecule has 2 aliphatic carbocycles. The van der Waals surface area contributed by atoms with Crippen molar-refractivity contribution in [2.75, 3.05) is 7.11 Å². The van der Waals surface area contributed by atoms with Gasteiger partial charge in [0.2, 0.25) is 5.91 Å². The number of nitrogens with one attached hydrogen (secondary N) is 1. The van der Waals surface area contributed by atoms with Gasteiger partial charge in [-0.1, -0.05) is 32.1 Å². The van der Waals surface area contributed by atoms with Gasteiger partial charge in [0.15, 0.2) is 0 Å². The first-order chi connectivity index (χ1) is 10.1. The van der Waals surface area contributed by atoms with Crippen LogP contribution in [0.1, 0.15) is 64.2 Å². The highest BCUT2D eigenvalue weighted by Crippen LogP contribution is 2.30. The molecule has 2 fully saturated rings. The molecule has 3 N–H and O–H groups in total. The molecule has 2 aliphatic rings. The molecule has 2 saturated carbocycles. The number of ether oxygens (including phenoxy) is 1. The molecule has 120 valence electrons. The van der Waals surface area contributed by atoms with Crippen LogP contribution in [0.2, 0.25) is 0 Å². The van der Waals surface area contributed by atoms with E-state index >= 15 is 0 Å². The van der Waals surface area contributed by atoms with Crippen molar-refractivity contribution in [2.45, 2.75) is 75.8 Å². The van der Waals surface area contributed by atoms with Crippen molar-refractivity contribution < 1.29 is 14.3 Å². The average molecular weight is 296 g/mol. The number of amides is 1. The minimum absolute atomic E-state index is 0.0162. The Morgan fingerprint density at radius 1 is 1.10 bits per heavy atom. The maximum Gasteiger partial charge on any atom is 0.331 e. The molecule has 2 unspecified atom stereocenters. The minimum Gasteiger partial charge on any atom is -0.467 e. The lowest BCUT2D eigenvalue weighted by Gasteiger charge is -2.34. The molecule has 2 atom stereocenters. The predicted molar refractivity (Wildman–Crippen MR) is 80.5 cm³/mol. The minimum atomic E-state index is -0.816. The lowest BCUT2D eigenvalue weighted by atomic mass is 9.83. The van der Waals surface area contributed by atoms with Crippen molar-refractivity contribution in [3.8, 4) is 0 Å². The van der Waals surface area contributed by atoms with E-state index in [1.54, 1.807) is 0 Å². The molecule has 0 aromatic carbocycles. The van der Waals surface area contributed by atoms with Crippen LogP contribution in [0.3, 0.4) is 0 Å². The quantitative estimate of drug-likeness (QED) is 0.615. The van der Waals surface area contributed by atoms with Crippen molar-refractivity contribution in [3.05, 3.63) is 0 Å². The van der Waals surface area contributed by atoms with Gasteiger partial charge in [0, 0.05) is 12.0 Å². The Hall–Kier alpha value is -1.10. The van der Waals surface area contributed by atoms with Gasteiger partial charge in [0.1, 0.15) is 5.54 Å². The summed E-state index contributed by atoms with van der Waals surface area (Å²) in [5.41, 5.74) is 5.15. The average Bonchev–Trinajstić information content (AvgIpc) is 2.73. The fourth-order valence-electron chi connectivity index (χ4n) is 3.71. The van der Waals surface area contributed by atoms with Gasteiger partial charge >= 0.3 is 5.97 Å². The Bertz CT molecular complexity index is 376. The smallest absolute Gasteiger partial charge is 0.331 e. The molecule has 0 bridgehead atoms. The third-order valence-corrected chi connectivity index (χ3v) is 4.98. The summed E-state index contributed by atoms with van der Waals surface area (Å²) < 4.78 is 4.98. The predicted octanol–water partition coefficient (Wildman–Crippen LogP) is 1.89. The van der Waals surface area contributed by atoms with E-state index in [0.29, 0.717) is 12.8 Å². The molecule has 0 heterocycles. The van der Waals surface area contributed by atoms with Gasteiger partial charge in [-0.15, -0.1) is 0 Å². The molecule has 0 radical (unpaired) electrons. The number of nitrogens with two attached hydrogens (primary N) is 1. The molecule has 0 saturated heterocycles. The second-order valence-corrected chi connectivity index (χ2v) is 6.60. The zero-order valence-electron chi connectivity index (χ0n) is 13.0. The molecule has 5 nitrogen and oxygen atoms in total. The van der Waals surface area contributed by atoms with Gasteiger partial charge in [-0.3, -0.25) is 4.79 Å². The highest BCUT2D eigenvalue weighted by atomic mass is 16.5. The third kappa shape index (κ3) is 3.96. The largest absolute Gasteiger partial charge is 0.467 e. The van der Waals surface area contributed by atoms with Gasteiger partial charge in [-0.25, -0.2) is 4.79 Å². The van der Waals surface area contributed by atoms with E-state index in [2.05, 4.69) is 5.32 Å². The van der Waals surface area contributed by atoms with E-state index in [9.17, 15) is 9.59 Å². The molecule has 21 heavy (non-hydrogen) atoms. The summed E-state index contributed by atoms with van der Waals surface area (Å²) in [5.74, 6) is -0.367. The molecular weight excluding hydrogens is 268 g/mol. The van der Waals surface area contributed by atoms with Gasteiger partial charge in [-0.2, -0.15) is 0 Å². The second-order valence-electron chi connectivity index (χ2n) is 6.60. The topological polar surface area (TPSA) is 81.4 Å². The summed E-state index contributed by atoms with van der Waals surface area (Å²) in [5, 5.41) is 3.04. The van der Waals surface area contributed by atoms with Gasteiger partial charge in [-0.05, 0) is 32.1 Å². The zero-order chi connectivity index (χ0) is 15.3. The van der Waals surface area contributed by atoms with E-state index in [4.69, 9.17) is 10.5 Å². The number of carbonyl (C=O) groups excluding carboxylic acids is 2. The monoisotopic (exact) mass is 296 g/mol. The van der Waals surface area contributed by atoms with Crippen molar-refractivity contribution in [1.82, 2.24) is 5.32 Å². The fourth-order valence-corrected chi connectivity index (χ4v) is 3.71. The summed E-state index contributed by atoms with van der Waals surface area (Å²) in [6.45, 7) is 0. The molecule has 1 amide bonds. The van der Waals surface area contributed by atoms with Gasteiger partial charge in [0.05, 0.1) is 7.11 Å². The van der Waals surface area contributed by atoms with Crippen LogP contribution in [0.25, 0.3) is 0 Å². The SMILES string of the molecule is COC(=O)C1(NC(=O)C2CCCC(N)C2)CCCCCC1. The van der Waals surface area contributed by atoms with E-state index in [1.165, 1.54) is 7.11 Å². The summed E-state index contributed by atoms with van der Waals surface area (Å²) in [7, 11) is 1.40. The van der Waals surface area contributed by atoms with Crippen LogP contribution < -0.4 is 11.1 Å². The van der Waals surface area contributed by atoms with Crippen LogP contribution >= 0.6 is 0 Å². The Balaban J connectivity index is 2.06. The summed E-state index contributed by atoms with van der Waals surface area (Å²) >= 11 is 0. The highest BCUT2D eigenvalue weighted by molar-refractivity contribution is 5.89. The first-order valence-electron chi connectivity index (χ1n) is 8.23. The number of hydrogen-bond acceptors (Lipinski definition) is 4. The summed E-state index contributed by atoms with van der Waals surface area (Å²) in [6, 6.07) is 0.109. The zero-order valence-corrected chi connectivity index (χ0v) is 13.0. The fraction of sp³-hybridized carbons (Fsp3) is 0.875. The number of rotatable bonds is 3. The van der Waals surface area contributed by atoms with Crippen molar-refractivity contribution in [1.29, 1.82) is 0 Å². The van der Waals surface area contributed by atoms with E-state index in [1.807, 2.05) is 0 Å². The Morgan fingerprint density at radius 2 is 1.76 bits per heavy atom. The number of hydrogen-bond donors (Lipinski definition) is 2. The van der Waals surface area contributed by atoms with Gasteiger partial charge < -0.3 is 15.8 Å².